The number of anilines is 1. The highest BCUT2D eigenvalue weighted by molar-refractivity contribution is 6.36. The lowest BCUT2D eigenvalue weighted by Crippen LogP contribution is -2.49. The normalized spacial score (nSPS) is 17.7. The van der Waals surface area contributed by atoms with E-state index in [1.54, 1.807) is 6.07 Å². The van der Waals surface area contributed by atoms with Gasteiger partial charge >= 0.3 is 0 Å². The van der Waals surface area contributed by atoms with Gasteiger partial charge in [-0.1, -0.05) is 78.1 Å². The number of halogens is 3. The van der Waals surface area contributed by atoms with Crippen molar-refractivity contribution in [3.63, 3.8) is 0 Å². The van der Waals surface area contributed by atoms with Crippen LogP contribution >= 0.6 is 34.8 Å². The highest BCUT2D eigenvalue weighted by Gasteiger charge is 2.30. The maximum absolute atomic E-state index is 7.15. The van der Waals surface area contributed by atoms with Crippen molar-refractivity contribution in [1.29, 1.82) is 0 Å². The van der Waals surface area contributed by atoms with Gasteiger partial charge in [-0.05, 0) is 47.4 Å². The van der Waals surface area contributed by atoms with E-state index in [2.05, 4.69) is 45.8 Å². The van der Waals surface area contributed by atoms with Gasteiger partial charge in [0.2, 0.25) is 0 Å². The van der Waals surface area contributed by atoms with Crippen molar-refractivity contribution in [3.05, 3.63) is 104 Å². The molecule has 0 aliphatic carbocycles. The Morgan fingerprint density at radius 1 is 0.938 bits per heavy atom. The van der Waals surface area contributed by atoms with Crippen molar-refractivity contribution in [3.8, 4) is 0 Å². The molecule has 1 fully saturated rings. The predicted octanol–water partition coefficient (Wildman–Crippen LogP) is 7.86. The van der Waals surface area contributed by atoms with Gasteiger partial charge in [-0.25, -0.2) is 4.85 Å². The molecular formula is C26H24Cl3N3. The molecule has 0 N–H and O–H groups in total. The molecule has 1 aliphatic rings. The van der Waals surface area contributed by atoms with Gasteiger partial charge < -0.3 is 4.90 Å². The van der Waals surface area contributed by atoms with Crippen LogP contribution < -0.4 is 4.90 Å². The molecule has 164 valence electrons. The minimum atomic E-state index is 0.149. The first kappa shape index (κ1) is 23.0. The molecule has 6 heteroatoms. The summed E-state index contributed by atoms with van der Waals surface area (Å²) in [5.74, 6) is 0.367. The van der Waals surface area contributed by atoms with Gasteiger partial charge in [-0.2, -0.15) is 0 Å². The van der Waals surface area contributed by atoms with Crippen LogP contribution in [-0.2, 0) is 0 Å². The molecule has 1 aliphatic heterocycles. The van der Waals surface area contributed by atoms with Crippen molar-refractivity contribution in [2.45, 2.75) is 18.9 Å². The molecule has 3 aromatic rings. The summed E-state index contributed by atoms with van der Waals surface area (Å²) in [5, 5.41) is 2.03. The molecule has 4 rings (SSSR count). The average molecular weight is 485 g/mol. The van der Waals surface area contributed by atoms with E-state index in [4.69, 9.17) is 41.4 Å². The predicted molar refractivity (Wildman–Crippen MR) is 136 cm³/mol. The van der Waals surface area contributed by atoms with E-state index in [1.807, 2.05) is 36.4 Å². The van der Waals surface area contributed by atoms with Crippen LogP contribution in [0.2, 0.25) is 15.1 Å². The summed E-state index contributed by atoms with van der Waals surface area (Å²) in [6, 6.07) is 21.9. The number of benzene rings is 3. The van der Waals surface area contributed by atoms with Crippen molar-refractivity contribution in [1.82, 2.24) is 4.90 Å². The fourth-order valence-corrected chi connectivity index (χ4v) is 4.99. The van der Waals surface area contributed by atoms with Crippen LogP contribution in [0.4, 0.5) is 11.4 Å². The number of hydrogen-bond donors (Lipinski definition) is 0. The molecular weight excluding hydrogens is 461 g/mol. The third-order valence-corrected chi connectivity index (χ3v) is 6.85. The third kappa shape index (κ3) is 5.22. The number of rotatable bonds is 5. The smallest absolute Gasteiger partial charge is 0.187 e. The molecule has 0 saturated carbocycles. The molecule has 2 atom stereocenters. The van der Waals surface area contributed by atoms with Crippen LogP contribution in [0.5, 0.6) is 0 Å². The quantitative estimate of drug-likeness (QED) is 0.341. The zero-order valence-electron chi connectivity index (χ0n) is 17.8. The molecule has 0 bridgehead atoms. The van der Waals surface area contributed by atoms with Crippen LogP contribution in [-0.4, -0.2) is 31.1 Å². The van der Waals surface area contributed by atoms with Gasteiger partial charge in [0.25, 0.3) is 0 Å². The summed E-state index contributed by atoms with van der Waals surface area (Å²) in [7, 11) is 0. The summed E-state index contributed by atoms with van der Waals surface area (Å²) in [5.41, 5.74) is 4.14. The van der Waals surface area contributed by atoms with Gasteiger partial charge in [0.15, 0.2) is 5.69 Å². The maximum Gasteiger partial charge on any atom is 0.187 e. The van der Waals surface area contributed by atoms with Crippen molar-refractivity contribution < 1.29 is 0 Å². The third-order valence-electron chi connectivity index (χ3n) is 6.06. The summed E-state index contributed by atoms with van der Waals surface area (Å²) >= 11 is 18.9. The molecule has 32 heavy (non-hydrogen) atoms. The van der Waals surface area contributed by atoms with Crippen molar-refractivity contribution in [2.24, 2.45) is 0 Å². The van der Waals surface area contributed by atoms with E-state index in [9.17, 15) is 0 Å². The largest absolute Gasteiger partial charge is 0.361 e. The zero-order chi connectivity index (χ0) is 22.7. The molecule has 0 amide bonds. The second kappa shape index (κ2) is 10.1. The van der Waals surface area contributed by atoms with Crippen LogP contribution in [0.3, 0.4) is 0 Å². The van der Waals surface area contributed by atoms with E-state index in [-0.39, 0.29) is 6.04 Å². The van der Waals surface area contributed by atoms with E-state index in [0.29, 0.717) is 21.7 Å². The van der Waals surface area contributed by atoms with Crippen LogP contribution in [0.1, 0.15) is 30.0 Å². The second-order valence-electron chi connectivity index (χ2n) is 8.22. The molecule has 0 spiro atoms. The topological polar surface area (TPSA) is 10.8 Å². The highest BCUT2D eigenvalue weighted by Crippen LogP contribution is 2.37. The number of nitrogens with zero attached hydrogens (tertiary/aromatic N) is 3. The first-order chi connectivity index (χ1) is 15.4. The number of piperazine rings is 1. The molecule has 0 aromatic heterocycles. The first-order valence-electron chi connectivity index (χ1n) is 10.6. The lowest BCUT2D eigenvalue weighted by Gasteiger charge is -2.44. The Balaban J connectivity index is 1.56. The van der Waals surface area contributed by atoms with Gasteiger partial charge in [-0.15, -0.1) is 0 Å². The van der Waals surface area contributed by atoms with Gasteiger partial charge in [0.05, 0.1) is 23.3 Å². The summed E-state index contributed by atoms with van der Waals surface area (Å²) in [4.78, 5) is 8.37. The second-order valence-corrected chi connectivity index (χ2v) is 9.50. The van der Waals surface area contributed by atoms with Crippen LogP contribution in [0.15, 0.2) is 66.7 Å². The maximum atomic E-state index is 7.15. The molecule has 0 unspecified atom stereocenters. The van der Waals surface area contributed by atoms with E-state index < -0.39 is 0 Å². The van der Waals surface area contributed by atoms with Gasteiger partial charge in [-0.3, -0.25) is 4.90 Å². The summed E-state index contributed by atoms with van der Waals surface area (Å²) < 4.78 is 0. The minimum absolute atomic E-state index is 0.149. The lowest BCUT2D eigenvalue weighted by atomic mass is 9.97. The van der Waals surface area contributed by atoms with E-state index in [1.165, 1.54) is 11.1 Å². The first-order valence-corrected chi connectivity index (χ1v) is 11.7. The van der Waals surface area contributed by atoms with Crippen molar-refractivity contribution in [2.75, 3.05) is 31.1 Å². The minimum Gasteiger partial charge on any atom is -0.361 e. The Morgan fingerprint density at radius 3 is 2.28 bits per heavy atom. The fraction of sp³-hybridized carbons (Fsp3) is 0.269. The Morgan fingerprint density at radius 2 is 1.62 bits per heavy atom. The molecule has 3 aromatic carbocycles. The van der Waals surface area contributed by atoms with Crippen molar-refractivity contribution >= 4 is 46.2 Å². The fourth-order valence-electron chi connectivity index (χ4n) is 4.35. The van der Waals surface area contributed by atoms with E-state index >= 15 is 0 Å². The van der Waals surface area contributed by atoms with E-state index in [0.717, 1.165) is 36.9 Å². The Labute approximate surface area is 204 Å². The van der Waals surface area contributed by atoms with Gasteiger partial charge in [0.1, 0.15) is 0 Å². The Bertz CT molecular complexity index is 1110. The highest BCUT2D eigenvalue weighted by atomic mass is 35.5. The monoisotopic (exact) mass is 483 g/mol. The molecule has 0 radical (unpaired) electrons. The molecule has 1 saturated heterocycles. The van der Waals surface area contributed by atoms with Gasteiger partial charge in [0, 0.05) is 36.2 Å². The standard InChI is InChI=1S/C26H24Cl3N3/c1-18(19-5-10-23(30-2)11-6-19)16-31-13-14-32(25-12-9-22(28)15-24(25)29)26(17-31)20-3-7-21(27)8-4-20/h3-12,15,18,26H,13-14,16-17H2,1H3/t18-,26-/m0/s1. The number of hydrogen-bond acceptors (Lipinski definition) is 2. The average Bonchev–Trinajstić information content (AvgIpc) is 2.80. The molecule has 1 heterocycles. The molecule has 3 nitrogen and oxygen atoms in total. The Hall–Kier alpha value is -2.22. The summed E-state index contributed by atoms with van der Waals surface area (Å²) in [6.45, 7) is 13.0. The SMILES string of the molecule is [C-]#[N+]c1ccc([C@@H](C)CN2CCN(c3ccc(Cl)cc3Cl)[C@H](c3ccc(Cl)cc3)C2)cc1. The Kier molecular flexibility index (Phi) is 7.28. The van der Waals surface area contributed by atoms with Crippen LogP contribution in [0, 0.1) is 6.57 Å². The summed E-state index contributed by atoms with van der Waals surface area (Å²) in [6.07, 6.45) is 0. The lowest BCUT2D eigenvalue weighted by molar-refractivity contribution is 0.214. The van der Waals surface area contributed by atoms with Crippen LogP contribution in [0.25, 0.3) is 4.85 Å². The zero-order valence-corrected chi connectivity index (χ0v) is 20.1.